The average Bonchev–Trinajstić information content (AvgIpc) is 2.99. The molecule has 1 aromatic carbocycles. The molecule has 170 valence electrons. The first-order chi connectivity index (χ1) is 15.5. The summed E-state index contributed by atoms with van der Waals surface area (Å²) in [6, 6.07) is 6.55. The van der Waals surface area contributed by atoms with Gasteiger partial charge in [0.05, 0.1) is 18.3 Å². The van der Waals surface area contributed by atoms with Crippen molar-refractivity contribution in [2.24, 2.45) is 0 Å². The van der Waals surface area contributed by atoms with Crippen LogP contribution in [0.15, 0.2) is 42.7 Å². The molecule has 2 aliphatic rings. The van der Waals surface area contributed by atoms with E-state index < -0.39 is 23.6 Å². The van der Waals surface area contributed by atoms with E-state index in [1.54, 1.807) is 12.4 Å². The number of ether oxygens (including phenoxy) is 1. The highest BCUT2D eigenvalue weighted by Gasteiger charge is 2.35. The van der Waals surface area contributed by atoms with Gasteiger partial charge in [0.15, 0.2) is 0 Å². The fourth-order valence-electron chi connectivity index (χ4n) is 4.47. The van der Waals surface area contributed by atoms with Crippen LogP contribution >= 0.6 is 0 Å². The topological polar surface area (TPSA) is 62.7 Å². The van der Waals surface area contributed by atoms with Crippen LogP contribution in [0, 0.1) is 11.6 Å². The molecular weight excluding hydrogens is 416 g/mol. The number of carbonyl (C=O) groups is 2. The van der Waals surface area contributed by atoms with Gasteiger partial charge in [-0.05, 0) is 48.7 Å². The third-order valence-electron chi connectivity index (χ3n) is 6.17. The zero-order chi connectivity index (χ0) is 22.5. The van der Waals surface area contributed by atoms with Crippen LogP contribution in [-0.4, -0.2) is 58.4 Å². The van der Waals surface area contributed by atoms with Gasteiger partial charge < -0.3 is 14.5 Å². The molecule has 6 nitrogen and oxygen atoms in total. The van der Waals surface area contributed by atoms with Crippen LogP contribution in [0.2, 0.25) is 0 Å². The van der Waals surface area contributed by atoms with Crippen LogP contribution in [0.4, 0.5) is 8.78 Å². The number of nitrogens with zero attached hydrogens (tertiary/aromatic N) is 3. The lowest BCUT2D eigenvalue weighted by Gasteiger charge is -2.34. The Hall–Kier alpha value is -2.87. The molecule has 1 atom stereocenters. The number of amides is 2. The summed E-state index contributed by atoms with van der Waals surface area (Å²) in [5, 5.41) is 0. The van der Waals surface area contributed by atoms with E-state index in [4.69, 9.17) is 4.74 Å². The second kappa shape index (κ2) is 10.2. The highest BCUT2D eigenvalue weighted by atomic mass is 19.1. The number of aromatic nitrogens is 1. The Balaban J connectivity index is 1.56. The minimum Gasteiger partial charge on any atom is -0.370 e. The number of pyridine rings is 1. The second-order valence-corrected chi connectivity index (χ2v) is 8.44. The standard InChI is InChI=1S/C24H27F2N3O3/c25-18-6-7-22(26)21(12-18)24(31)28-13-20(32-16-17-8-10-27-11-9-17)14-29(23(30)15-28)19-4-2-1-3-5-19/h6-12,19-20H,1-5,13-16H2/t20-/m0/s1. The molecule has 0 N–H and O–H groups in total. The molecule has 1 saturated carbocycles. The van der Waals surface area contributed by atoms with Crippen molar-refractivity contribution in [3.63, 3.8) is 0 Å². The molecule has 0 spiro atoms. The van der Waals surface area contributed by atoms with Crippen LogP contribution < -0.4 is 0 Å². The average molecular weight is 443 g/mol. The van der Waals surface area contributed by atoms with Crippen molar-refractivity contribution < 1.29 is 23.1 Å². The van der Waals surface area contributed by atoms with Gasteiger partial charge in [-0.1, -0.05) is 19.3 Å². The zero-order valence-corrected chi connectivity index (χ0v) is 17.9. The molecule has 0 bridgehead atoms. The number of rotatable bonds is 5. The maximum atomic E-state index is 14.3. The van der Waals surface area contributed by atoms with Gasteiger partial charge in [0, 0.05) is 31.5 Å². The molecule has 4 rings (SSSR count). The Morgan fingerprint density at radius 3 is 2.56 bits per heavy atom. The van der Waals surface area contributed by atoms with Gasteiger partial charge in [-0.3, -0.25) is 14.6 Å². The summed E-state index contributed by atoms with van der Waals surface area (Å²) in [7, 11) is 0. The summed E-state index contributed by atoms with van der Waals surface area (Å²) < 4.78 is 34.0. The van der Waals surface area contributed by atoms with Crippen molar-refractivity contribution in [1.29, 1.82) is 0 Å². The Morgan fingerprint density at radius 2 is 1.81 bits per heavy atom. The van der Waals surface area contributed by atoms with Crippen LogP contribution in [0.1, 0.15) is 48.0 Å². The predicted molar refractivity (Wildman–Crippen MR) is 114 cm³/mol. The molecule has 2 heterocycles. The normalized spacial score (nSPS) is 20.3. The van der Waals surface area contributed by atoms with Crippen molar-refractivity contribution in [3.05, 3.63) is 65.5 Å². The van der Waals surface area contributed by atoms with E-state index in [-0.39, 0.29) is 30.6 Å². The lowest BCUT2D eigenvalue weighted by atomic mass is 9.94. The van der Waals surface area contributed by atoms with Crippen LogP contribution in [0.3, 0.4) is 0 Å². The van der Waals surface area contributed by atoms with E-state index in [2.05, 4.69) is 4.98 Å². The first kappa shape index (κ1) is 22.3. The minimum atomic E-state index is -0.813. The molecule has 2 fully saturated rings. The maximum absolute atomic E-state index is 14.3. The van der Waals surface area contributed by atoms with Gasteiger partial charge in [-0.25, -0.2) is 8.78 Å². The summed E-state index contributed by atoms with van der Waals surface area (Å²) in [6.45, 7) is 0.607. The number of hydrogen-bond acceptors (Lipinski definition) is 4. The van der Waals surface area contributed by atoms with E-state index in [1.165, 1.54) is 4.90 Å². The molecule has 1 aliphatic heterocycles. The van der Waals surface area contributed by atoms with Gasteiger partial charge in [0.1, 0.15) is 18.2 Å². The SMILES string of the molecule is O=C(c1cc(F)ccc1F)N1CC(=O)N(C2CCCCC2)C[C@@H](OCc2ccncc2)C1. The van der Waals surface area contributed by atoms with Crippen LogP contribution in [0.25, 0.3) is 0 Å². The molecule has 1 aliphatic carbocycles. The van der Waals surface area contributed by atoms with Gasteiger partial charge in [-0.2, -0.15) is 0 Å². The molecule has 32 heavy (non-hydrogen) atoms. The Morgan fingerprint density at radius 1 is 1.06 bits per heavy atom. The molecule has 1 aromatic heterocycles. The van der Waals surface area contributed by atoms with E-state index >= 15 is 0 Å². The fourth-order valence-corrected chi connectivity index (χ4v) is 4.47. The predicted octanol–water partition coefficient (Wildman–Crippen LogP) is 3.56. The highest BCUT2D eigenvalue weighted by molar-refractivity contribution is 5.97. The molecule has 0 radical (unpaired) electrons. The summed E-state index contributed by atoms with van der Waals surface area (Å²) >= 11 is 0. The quantitative estimate of drug-likeness (QED) is 0.709. The van der Waals surface area contributed by atoms with Crippen molar-refractivity contribution in [2.75, 3.05) is 19.6 Å². The van der Waals surface area contributed by atoms with Crippen molar-refractivity contribution in [1.82, 2.24) is 14.8 Å². The molecule has 2 aromatic rings. The largest absolute Gasteiger partial charge is 0.370 e. The first-order valence-corrected chi connectivity index (χ1v) is 11.1. The highest BCUT2D eigenvalue weighted by Crippen LogP contribution is 2.25. The van der Waals surface area contributed by atoms with E-state index in [9.17, 15) is 18.4 Å². The van der Waals surface area contributed by atoms with Crippen molar-refractivity contribution >= 4 is 11.8 Å². The number of halogens is 2. The summed E-state index contributed by atoms with van der Waals surface area (Å²) in [4.78, 5) is 33.3. The second-order valence-electron chi connectivity index (χ2n) is 8.44. The van der Waals surface area contributed by atoms with E-state index in [0.29, 0.717) is 13.2 Å². The summed E-state index contributed by atoms with van der Waals surface area (Å²) in [6.07, 6.45) is 8.03. The summed E-state index contributed by atoms with van der Waals surface area (Å²) in [5.74, 6) is -2.41. The first-order valence-electron chi connectivity index (χ1n) is 11.1. The van der Waals surface area contributed by atoms with Gasteiger partial charge in [0.25, 0.3) is 5.91 Å². The molecule has 2 amide bonds. The van der Waals surface area contributed by atoms with Crippen molar-refractivity contribution in [2.45, 2.75) is 50.9 Å². The van der Waals surface area contributed by atoms with Crippen LogP contribution in [0.5, 0.6) is 0 Å². The molecular formula is C24H27F2N3O3. The Labute approximate surface area is 186 Å². The van der Waals surface area contributed by atoms with Gasteiger partial charge in [-0.15, -0.1) is 0 Å². The Bertz CT molecular complexity index is 951. The minimum absolute atomic E-state index is 0.115. The number of hydrogen-bond donors (Lipinski definition) is 0. The number of carbonyl (C=O) groups excluding carboxylic acids is 2. The lowest BCUT2D eigenvalue weighted by molar-refractivity contribution is -0.134. The number of benzene rings is 1. The molecule has 0 unspecified atom stereocenters. The van der Waals surface area contributed by atoms with Crippen molar-refractivity contribution in [3.8, 4) is 0 Å². The van der Waals surface area contributed by atoms with Crippen LogP contribution in [-0.2, 0) is 16.1 Å². The fraction of sp³-hybridized carbons (Fsp3) is 0.458. The van der Waals surface area contributed by atoms with E-state index in [0.717, 1.165) is 55.9 Å². The molecule has 1 saturated heterocycles. The third-order valence-corrected chi connectivity index (χ3v) is 6.17. The third kappa shape index (κ3) is 5.30. The summed E-state index contributed by atoms with van der Waals surface area (Å²) in [5.41, 5.74) is 0.547. The van der Waals surface area contributed by atoms with E-state index in [1.807, 2.05) is 17.0 Å². The van der Waals surface area contributed by atoms with Gasteiger partial charge in [0.2, 0.25) is 5.91 Å². The van der Waals surface area contributed by atoms with Gasteiger partial charge >= 0.3 is 0 Å². The monoisotopic (exact) mass is 443 g/mol. The Kier molecular flexibility index (Phi) is 7.09. The smallest absolute Gasteiger partial charge is 0.257 e. The maximum Gasteiger partial charge on any atom is 0.257 e. The zero-order valence-electron chi connectivity index (χ0n) is 17.9. The lowest BCUT2D eigenvalue weighted by Crippen LogP contribution is -2.46. The molecule has 8 heteroatoms.